The first-order chi connectivity index (χ1) is 14.1. The van der Waals surface area contributed by atoms with Crippen LogP contribution in [0.1, 0.15) is 26.6 Å². The summed E-state index contributed by atoms with van der Waals surface area (Å²) < 4.78 is 41.1. The van der Waals surface area contributed by atoms with Gasteiger partial charge in [0.25, 0.3) is 5.91 Å². The molecule has 0 spiro atoms. The summed E-state index contributed by atoms with van der Waals surface area (Å²) in [6.45, 7) is 3.21. The van der Waals surface area contributed by atoms with Crippen LogP contribution >= 0.6 is 11.3 Å². The summed E-state index contributed by atoms with van der Waals surface area (Å²) in [5.74, 6) is -0.965. The number of carbonyl (C=O) groups is 2. The van der Waals surface area contributed by atoms with Crippen molar-refractivity contribution in [2.75, 3.05) is 18.9 Å². The van der Waals surface area contributed by atoms with Gasteiger partial charge in [0.05, 0.1) is 34.1 Å². The summed E-state index contributed by atoms with van der Waals surface area (Å²) in [6, 6.07) is 8.19. The van der Waals surface area contributed by atoms with E-state index in [4.69, 9.17) is 0 Å². The Labute approximate surface area is 174 Å². The van der Waals surface area contributed by atoms with Gasteiger partial charge < -0.3 is 10.2 Å². The monoisotopic (exact) mass is 436 g/mol. The van der Waals surface area contributed by atoms with E-state index in [1.807, 2.05) is 0 Å². The standard InChI is InChI=1S/C20H19F3N4O2S/c1-12-9-13(2)27(25-12)16-7-6-14(20(21,22)23)10-15(16)24-18(28)11-26(3)19(29)17-5-4-8-30-17/h4-10H,11H2,1-3H3,(H,24,28). The molecule has 1 aromatic carbocycles. The van der Waals surface area contributed by atoms with E-state index in [1.54, 1.807) is 37.4 Å². The second-order valence-corrected chi connectivity index (χ2v) is 7.70. The van der Waals surface area contributed by atoms with Crippen molar-refractivity contribution in [3.63, 3.8) is 0 Å². The van der Waals surface area contributed by atoms with Crippen LogP contribution in [0, 0.1) is 13.8 Å². The van der Waals surface area contributed by atoms with Gasteiger partial charge in [-0.1, -0.05) is 6.07 Å². The minimum absolute atomic E-state index is 0.0435. The van der Waals surface area contributed by atoms with Crippen molar-refractivity contribution in [2.24, 2.45) is 0 Å². The van der Waals surface area contributed by atoms with E-state index in [1.165, 1.54) is 34.0 Å². The van der Waals surface area contributed by atoms with Gasteiger partial charge in [-0.2, -0.15) is 18.3 Å². The summed E-state index contributed by atoms with van der Waals surface area (Å²) >= 11 is 1.24. The van der Waals surface area contributed by atoms with E-state index >= 15 is 0 Å². The largest absolute Gasteiger partial charge is 0.416 e. The van der Waals surface area contributed by atoms with Gasteiger partial charge in [-0.05, 0) is 49.6 Å². The maximum atomic E-state index is 13.2. The lowest BCUT2D eigenvalue weighted by atomic mass is 10.1. The van der Waals surface area contributed by atoms with Gasteiger partial charge in [-0.3, -0.25) is 9.59 Å². The Morgan fingerprint density at radius 2 is 1.93 bits per heavy atom. The molecule has 2 heterocycles. The third kappa shape index (κ3) is 4.70. The Morgan fingerprint density at radius 3 is 2.50 bits per heavy atom. The van der Waals surface area contributed by atoms with Gasteiger partial charge in [0.15, 0.2) is 0 Å². The average Bonchev–Trinajstić information content (AvgIpc) is 3.29. The van der Waals surface area contributed by atoms with E-state index in [-0.39, 0.29) is 18.1 Å². The molecule has 0 bridgehead atoms. The van der Waals surface area contributed by atoms with Crippen LogP contribution in [0.25, 0.3) is 5.69 Å². The number of amides is 2. The Morgan fingerprint density at radius 1 is 1.20 bits per heavy atom. The van der Waals surface area contributed by atoms with Gasteiger partial charge in [-0.15, -0.1) is 11.3 Å². The number of halogens is 3. The van der Waals surface area contributed by atoms with Crippen molar-refractivity contribution in [3.8, 4) is 5.69 Å². The fraction of sp³-hybridized carbons (Fsp3) is 0.250. The molecule has 158 valence electrons. The quantitative estimate of drug-likeness (QED) is 0.649. The molecule has 0 radical (unpaired) electrons. The lowest BCUT2D eigenvalue weighted by Gasteiger charge is -2.18. The van der Waals surface area contributed by atoms with E-state index in [2.05, 4.69) is 10.4 Å². The number of alkyl halides is 3. The smallest absolute Gasteiger partial charge is 0.332 e. The van der Waals surface area contributed by atoms with E-state index in [0.717, 1.165) is 12.1 Å². The Balaban J connectivity index is 1.88. The molecule has 2 amide bonds. The molecule has 0 saturated heterocycles. The number of anilines is 1. The summed E-state index contributed by atoms with van der Waals surface area (Å²) in [5.41, 5.74) is 0.747. The highest BCUT2D eigenvalue weighted by atomic mass is 32.1. The van der Waals surface area contributed by atoms with E-state index < -0.39 is 17.6 Å². The maximum absolute atomic E-state index is 13.2. The van der Waals surface area contributed by atoms with Crippen LogP contribution in [-0.2, 0) is 11.0 Å². The number of aryl methyl sites for hydroxylation is 2. The van der Waals surface area contributed by atoms with E-state index in [9.17, 15) is 22.8 Å². The molecule has 10 heteroatoms. The predicted octanol–water partition coefficient (Wildman–Crippen LogP) is 4.28. The third-order valence-corrected chi connectivity index (χ3v) is 5.15. The first-order valence-electron chi connectivity index (χ1n) is 8.90. The number of carbonyl (C=O) groups excluding carboxylic acids is 2. The molecule has 3 rings (SSSR count). The molecule has 30 heavy (non-hydrogen) atoms. The number of thiophene rings is 1. The molecule has 6 nitrogen and oxygen atoms in total. The summed E-state index contributed by atoms with van der Waals surface area (Å²) in [6.07, 6.45) is -4.57. The topological polar surface area (TPSA) is 67.2 Å². The number of nitrogens with one attached hydrogen (secondary N) is 1. The minimum atomic E-state index is -4.57. The van der Waals surface area contributed by atoms with E-state index in [0.29, 0.717) is 22.0 Å². The summed E-state index contributed by atoms with van der Waals surface area (Å²) in [4.78, 5) is 26.5. The number of likely N-dealkylation sites (N-methyl/N-ethyl adjacent to an activating group) is 1. The minimum Gasteiger partial charge on any atom is -0.332 e. The lowest BCUT2D eigenvalue weighted by Crippen LogP contribution is -2.34. The number of aromatic nitrogens is 2. The average molecular weight is 436 g/mol. The normalized spacial score (nSPS) is 11.4. The molecular formula is C20H19F3N4O2S. The molecule has 0 unspecified atom stereocenters. The second-order valence-electron chi connectivity index (χ2n) is 6.76. The molecule has 0 aliphatic heterocycles. The molecular weight excluding hydrogens is 417 g/mol. The lowest BCUT2D eigenvalue weighted by molar-refractivity contribution is -0.137. The molecule has 0 fully saturated rings. The number of benzene rings is 1. The van der Waals surface area contributed by atoms with Crippen molar-refractivity contribution in [3.05, 3.63) is 63.6 Å². The fourth-order valence-electron chi connectivity index (χ4n) is 2.94. The second kappa shape index (κ2) is 8.31. The molecule has 0 saturated carbocycles. The van der Waals surface area contributed by atoms with Crippen LogP contribution < -0.4 is 5.32 Å². The fourth-order valence-corrected chi connectivity index (χ4v) is 3.65. The van der Waals surface area contributed by atoms with Crippen molar-refractivity contribution in [1.29, 1.82) is 0 Å². The zero-order valence-electron chi connectivity index (χ0n) is 16.4. The zero-order valence-corrected chi connectivity index (χ0v) is 17.3. The zero-order chi connectivity index (χ0) is 22.1. The number of rotatable bonds is 5. The van der Waals surface area contributed by atoms with Gasteiger partial charge >= 0.3 is 6.18 Å². The molecule has 0 aliphatic rings. The van der Waals surface area contributed by atoms with Crippen LogP contribution in [-0.4, -0.2) is 40.1 Å². The van der Waals surface area contributed by atoms with Crippen LogP contribution in [0.15, 0.2) is 41.8 Å². The Kier molecular flexibility index (Phi) is 5.97. The van der Waals surface area contributed by atoms with Crippen LogP contribution in [0.2, 0.25) is 0 Å². The molecule has 3 aromatic rings. The Hall–Kier alpha value is -3.14. The van der Waals surface area contributed by atoms with Crippen LogP contribution in [0.4, 0.5) is 18.9 Å². The number of nitrogens with zero attached hydrogens (tertiary/aromatic N) is 3. The highest BCUT2D eigenvalue weighted by Crippen LogP contribution is 2.33. The molecule has 2 aromatic heterocycles. The van der Waals surface area contributed by atoms with Crippen molar-refractivity contribution in [1.82, 2.24) is 14.7 Å². The molecule has 0 atom stereocenters. The number of hydrogen-bond donors (Lipinski definition) is 1. The summed E-state index contributed by atoms with van der Waals surface area (Å²) in [5, 5.41) is 8.52. The highest BCUT2D eigenvalue weighted by molar-refractivity contribution is 7.12. The SMILES string of the molecule is Cc1cc(C)n(-c2ccc(C(F)(F)F)cc2NC(=O)CN(C)C(=O)c2cccs2)n1. The first-order valence-corrected chi connectivity index (χ1v) is 9.78. The molecule has 1 N–H and O–H groups in total. The molecule has 0 aliphatic carbocycles. The third-order valence-electron chi connectivity index (χ3n) is 4.30. The highest BCUT2D eigenvalue weighted by Gasteiger charge is 2.31. The van der Waals surface area contributed by atoms with Crippen molar-refractivity contribution >= 4 is 28.8 Å². The van der Waals surface area contributed by atoms with Crippen molar-refractivity contribution < 1.29 is 22.8 Å². The van der Waals surface area contributed by atoms with Crippen LogP contribution in [0.3, 0.4) is 0 Å². The predicted molar refractivity (Wildman–Crippen MR) is 108 cm³/mol. The van der Waals surface area contributed by atoms with Gasteiger partial charge in [0.2, 0.25) is 5.91 Å². The Bertz CT molecular complexity index is 1070. The van der Waals surface area contributed by atoms with Gasteiger partial charge in [0.1, 0.15) is 0 Å². The summed E-state index contributed by atoms with van der Waals surface area (Å²) in [7, 11) is 1.45. The van der Waals surface area contributed by atoms with Gasteiger partial charge in [0, 0.05) is 12.7 Å². The van der Waals surface area contributed by atoms with Gasteiger partial charge in [-0.25, -0.2) is 4.68 Å². The van der Waals surface area contributed by atoms with Crippen LogP contribution in [0.5, 0.6) is 0 Å². The van der Waals surface area contributed by atoms with Crippen molar-refractivity contribution in [2.45, 2.75) is 20.0 Å². The maximum Gasteiger partial charge on any atom is 0.416 e. The first kappa shape index (κ1) is 21.6. The number of hydrogen-bond acceptors (Lipinski definition) is 4.